The molecule has 0 saturated carbocycles. The zero-order valence-electron chi connectivity index (χ0n) is 13.6. The van der Waals surface area contributed by atoms with Crippen molar-refractivity contribution in [2.24, 2.45) is 0 Å². The predicted octanol–water partition coefficient (Wildman–Crippen LogP) is 3.24. The van der Waals surface area contributed by atoms with E-state index in [0.717, 1.165) is 22.2 Å². The Morgan fingerprint density at radius 3 is 2.80 bits per heavy atom. The first-order chi connectivity index (χ1) is 12.0. The van der Waals surface area contributed by atoms with Crippen LogP contribution in [0.25, 0.3) is 22.2 Å². The van der Waals surface area contributed by atoms with Crippen molar-refractivity contribution in [3.63, 3.8) is 0 Å². The van der Waals surface area contributed by atoms with Crippen LogP contribution in [0.5, 0.6) is 0 Å². The average molecular weight is 359 g/mol. The zero-order chi connectivity index (χ0) is 17.6. The van der Waals surface area contributed by atoms with Crippen molar-refractivity contribution in [1.82, 2.24) is 19.7 Å². The Hall–Kier alpha value is -2.47. The first-order valence-corrected chi connectivity index (χ1v) is 8.39. The molecule has 0 atom stereocenters. The molecule has 1 aliphatic rings. The third-order valence-corrected chi connectivity index (χ3v) is 4.88. The van der Waals surface area contributed by atoms with Gasteiger partial charge in [-0.05, 0) is 36.2 Å². The van der Waals surface area contributed by atoms with Gasteiger partial charge in [-0.1, -0.05) is 17.7 Å². The van der Waals surface area contributed by atoms with Crippen LogP contribution in [0.1, 0.15) is 5.56 Å². The van der Waals surface area contributed by atoms with Crippen molar-refractivity contribution in [1.29, 1.82) is 0 Å². The zero-order valence-corrected chi connectivity index (χ0v) is 14.4. The van der Waals surface area contributed by atoms with Gasteiger partial charge >= 0.3 is 0 Å². The third-order valence-electron chi connectivity index (χ3n) is 4.46. The van der Waals surface area contributed by atoms with Gasteiger partial charge in [0.05, 0.1) is 24.8 Å². The molecule has 1 aliphatic heterocycles. The van der Waals surface area contributed by atoms with Crippen molar-refractivity contribution in [3.8, 4) is 11.1 Å². The molecule has 7 heteroatoms. The van der Waals surface area contributed by atoms with Crippen LogP contribution in [0.4, 0.5) is 4.39 Å². The Kier molecular flexibility index (Phi) is 3.92. The first-order valence-electron chi connectivity index (χ1n) is 8.01. The van der Waals surface area contributed by atoms with E-state index in [-0.39, 0.29) is 25.5 Å². The second-order valence-electron chi connectivity index (χ2n) is 6.29. The maximum absolute atomic E-state index is 12.9. The number of benzene rings is 1. The second kappa shape index (κ2) is 6.11. The van der Waals surface area contributed by atoms with Gasteiger partial charge in [0.2, 0.25) is 5.91 Å². The van der Waals surface area contributed by atoms with Crippen LogP contribution in [0.3, 0.4) is 0 Å². The van der Waals surface area contributed by atoms with Gasteiger partial charge in [-0.15, -0.1) is 0 Å². The van der Waals surface area contributed by atoms with Crippen LogP contribution in [0.2, 0.25) is 5.02 Å². The molecule has 0 N–H and O–H groups in total. The van der Waals surface area contributed by atoms with E-state index in [4.69, 9.17) is 11.6 Å². The highest BCUT2D eigenvalue weighted by Gasteiger charge is 2.30. The lowest BCUT2D eigenvalue weighted by molar-refractivity contribution is -0.139. The van der Waals surface area contributed by atoms with Gasteiger partial charge in [0.1, 0.15) is 18.2 Å². The minimum Gasteiger partial charge on any atom is -0.335 e. The van der Waals surface area contributed by atoms with E-state index in [0.29, 0.717) is 10.5 Å². The van der Waals surface area contributed by atoms with Crippen molar-refractivity contribution in [2.75, 3.05) is 13.1 Å². The summed E-state index contributed by atoms with van der Waals surface area (Å²) in [6, 6.07) is 7.75. The van der Waals surface area contributed by atoms with Crippen LogP contribution in [0.15, 0.2) is 36.7 Å². The van der Waals surface area contributed by atoms with Crippen LogP contribution >= 0.6 is 11.6 Å². The van der Waals surface area contributed by atoms with Gasteiger partial charge in [-0.25, -0.2) is 4.39 Å². The van der Waals surface area contributed by atoms with Gasteiger partial charge in [0.15, 0.2) is 0 Å². The summed E-state index contributed by atoms with van der Waals surface area (Å²) in [5.41, 5.74) is 4.40. The molecule has 0 spiro atoms. The van der Waals surface area contributed by atoms with Crippen molar-refractivity contribution < 1.29 is 9.18 Å². The number of aromatic nitrogens is 3. The minimum absolute atomic E-state index is 0.0843. The molecule has 1 aromatic carbocycles. The lowest BCUT2D eigenvalue weighted by Crippen LogP contribution is -2.52. The molecule has 1 saturated heterocycles. The normalized spacial score (nSPS) is 14.8. The van der Waals surface area contributed by atoms with Crippen molar-refractivity contribution >= 4 is 28.5 Å². The number of rotatable bonds is 3. The average Bonchev–Trinajstić information content (AvgIpc) is 2.96. The van der Waals surface area contributed by atoms with Crippen LogP contribution in [-0.4, -0.2) is 44.8 Å². The molecule has 2 aromatic heterocycles. The summed E-state index contributed by atoms with van der Waals surface area (Å²) in [4.78, 5) is 18.1. The van der Waals surface area contributed by atoms with E-state index >= 15 is 0 Å². The molecule has 0 aliphatic carbocycles. The lowest BCUT2D eigenvalue weighted by Gasteiger charge is -2.34. The van der Waals surface area contributed by atoms with Gasteiger partial charge < -0.3 is 4.90 Å². The number of carbonyl (C=O) groups excluding carboxylic acids is 1. The van der Waals surface area contributed by atoms with Gasteiger partial charge in [0.25, 0.3) is 0 Å². The molecule has 128 valence electrons. The monoisotopic (exact) mass is 358 g/mol. The Morgan fingerprint density at radius 1 is 1.28 bits per heavy atom. The number of amides is 1. The van der Waals surface area contributed by atoms with Crippen molar-refractivity contribution in [2.45, 2.75) is 19.6 Å². The number of hydrogen-bond acceptors (Lipinski definition) is 3. The Morgan fingerprint density at radius 2 is 2.08 bits per heavy atom. The lowest BCUT2D eigenvalue weighted by atomic mass is 10.0. The Bertz CT molecular complexity index is 965. The number of aryl methyl sites for hydroxylation is 1. The standard InChI is InChI=1S/C18H16ClFN4O/c1-11-4-12(2-3-15(11)19)13-5-17-16(21-6-13)7-22-24(17)10-18(25)23-8-14(20)9-23/h2-7,14H,8-10H2,1H3. The number of alkyl halides is 1. The van der Waals surface area contributed by atoms with Crippen LogP contribution < -0.4 is 0 Å². The molecule has 25 heavy (non-hydrogen) atoms. The largest absolute Gasteiger partial charge is 0.335 e. The van der Waals surface area contributed by atoms with E-state index in [9.17, 15) is 9.18 Å². The van der Waals surface area contributed by atoms with Gasteiger partial charge in [0, 0.05) is 16.8 Å². The summed E-state index contributed by atoms with van der Waals surface area (Å²) >= 11 is 6.09. The molecular weight excluding hydrogens is 343 g/mol. The molecule has 0 radical (unpaired) electrons. The molecule has 1 fully saturated rings. The highest BCUT2D eigenvalue weighted by molar-refractivity contribution is 6.31. The summed E-state index contributed by atoms with van der Waals surface area (Å²) < 4.78 is 14.5. The molecule has 5 nitrogen and oxygen atoms in total. The number of pyridine rings is 1. The quantitative estimate of drug-likeness (QED) is 0.722. The number of halogens is 2. The van der Waals surface area contributed by atoms with E-state index in [1.807, 2.05) is 31.2 Å². The van der Waals surface area contributed by atoms with Crippen LogP contribution in [-0.2, 0) is 11.3 Å². The molecule has 0 unspecified atom stereocenters. The van der Waals surface area contributed by atoms with E-state index < -0.39 is 6.17 Å². The molecule has 0 bridgehead atoms. The SMILES string of the molecule is Cc1cc(-c2cnc3cnn(CC(=O)N4CC(F)C4)c3c2)ccc1Cl. The fourth-order valence-corrected chi connectivity index (χ4v) is 3.04. The number of hydrogen-bond donors (Lipinski definition) is 0. The number of likely N-dealkylation sites (tertiary alicyclic amines) is 1. The Balaban J connectivity index is 1.65. The molecule has 1 amide bonds. The number of carbonyl (C=O) groups is 1. The number of nitrogens with zero attached hydrogens (tertiary/aromatic N) is 4. The summed E-state index contributed by atoms with van der Waals surface area (Å²) in [5, 5.41) is 4.97. The minimum atomic E-state index is -0.903. The van der Waals surface area contributed by atoms with Gasteiger partial charge in [-0.3, -0.25) is 14.5 Å². The first kappa shape index (κ1) is 16.0. The summed E-state index contributed by atoms with van der Waals surface area (Å²) in [6.07, 6.45) is 2.51. The molecule has 3 heterocycles. The van der Waals surface area contributed by atoms with Crippen LogP contribution in [0, 0.1) is 6.92 Å². The van der Waals surface area contributed by atoms with Crippen molar-refractivity contribution in [3.05, 3.63) is 47.2 Å². The van der Waals surface area contributed by atoms with E-state index in [1.54, 1.807) is 17.1 Å². The second-order valence-corrected chi connectivity index (χ2v) is 6.70. The molecule has 4 rings (SSSR count). The van der Waals surface area contributed by atoms with E-state index in [1.165, 1.54) is 4.90 Å². The maximum Gasteiger partial charge on any atom is 0.244 e. The topological polar surface area (TPSA) is 51.0 Å². The third kappa shape index (κ3) is 2.98. The summed E-state index contributed by atoms with van der Waals surface area (Å²) in [5.74, 6) is -0.133. The highest BCUT2D eigenvalue weighted by Crippen LogP contribution is 2.26. The molecular formula is C18H16ClFN4O. The number of fused-ring (bicyclic) bond motifs is 1. The summed E-state index contributed by atoms with van der Waals surface area (Å²) in [6.45, 7) is 2.38. The smallest absolute Gasteiger partial charge is 0.244 e. The predicted molar refractivity (Wildman–Crippen MR) is 94.2 cm³/mol. The highest BCUT2D eigenvalue weighted by atomic mass is 35.5. The molecule has 3 aromatic rings. The van der Waals surface area contributed by atoms with E-state index in [2.05, 4.69) is 10.1 Å². The fourth-order valence-electron chi connectivity index (χ4n) is 2.92. The van der Waals surface area contributed by atoms with Gasteiger partial charge in [-0.2, -0.15) is 5.10 Å². The fraction of sp³-hybridized carbons (Fsp3) is 0.278. The summed E-state index contributed by atoms with van der Waals surface area (Å²) in [7, 11) is 0. The Labute approximate surface area is 149 Å². The maximum atomic E-state index is 12.9.